The van der Waals surface area contributed by atoms with Crippen molar-refractivity contribution in [1.29, 1.82) is 0 Å². The van der Waals surface area contributed by atoms with Crippen LogP contribution in [0.15, 0.2) is 93.2 Å². The first kappa shape index (κ1) is 28.3. The fourth-order valence-electron chi connectivity index (χ4n) is 4.69. The number of aryl methyl sites for hydroxylation is 2. The van der Waals surface area contributed by atoms with E-state index >= 15 is 0 Å². The summed E-state index contributed by atoms with van der Waals surface area (Å²) in [5, 5.41) is 5.21. The summed E-state index contributed by atoms with van der Waals surface area (Å²) >= 11 is 3.56. The van der Waals surface area contributed by atoms with Crippen LogP contribution in [-0.2, 0) is 6.61 Å². The normalized spacial score (nSPS) is 11.5. The van der Waals surface area contributed by atoms with Gasteiger partial charge < -0.3 is 9.47 Å². The Bertz CT molecular complexity index is 1810. The van der Waals surface area contributed by atoms with Gasteiger partial charge in [-0.2, -0.15) is 9.78 Å². The van der Waals surface area contributed by atoms with Gasteiger partial charge in [0.15, 0.2) is 5.82 Å². The van der Waals surface area contributed by atoms with Crippen molar-refractivity contribution in [3.05, 3.63) is 122 Å². The number of benzene rings is 4. The van der Waals surface area contributed by atoms with Crippen LogP contribution in [-0.4, -0.2) is 23.0 Å². The molecule has 7 heteroatoms. The Morgan fingerprint density at radius 3 is 2.46 bits per heavy atom. The second kappa shape index (κ2) is 12.1. The van der Waals surface area contributed by atoms with Crippen LogP contribution in [0.4, 0.5) is 0 Å². The Labute approximate surface area is 248 Å². The van der Waals surface area contributed by atoms with Crippen LogP contribution >= 0.6 is 15.9 Å². The van der Waals surface area contributed by atoms with Crippen LogP contribution < -0.4 is 15.0 Å². The summed E-state index contributed by atoms with van der Waals surface area (Å²) in [5.41, 5.74) is 6.14. The van der Waals surface area contributed by atoms with Crippen molar-refractivity contribution in [3.8, 4) is 22.9 Å². The number of hydrogen-bond acceptors (Lipinski definition) is 5. The molecule has 0 saturated heterocycles. The SMILES string of the molecule is COc1cc(C)c(-c2nc3ccccc3c(=O)n2N=Cc2cc(Br)ccc2OCc2ccc(C)cc2)cc1C(C)C. The van der Waals surface area contributed by atoms with Crippen molar-refractivity contribution < 1.29 is 9.47 Å². The van der Waals surface area contributed by atoms with Crippen LogP contribution in [0, 0.1) is 13.8 Å². The van der Waals surface area contributed by atoms with Gasteiger partial charge in [-0.1, -0.05) is 71.7 Å². The second-order valence-electron chi connectivity index (χ2n) is 10.3. The number of hydrogen-bond donors (Lipinski definition) is 0. The zero-order valence-corrected chi connectivity index (χ0v) is 25.4. The molecule has 5 rings (SSSR count). The second-order valence-corrected chi connectivity index (χ2v) is 11.2. The van der Waals surface area contributed by atoms with E-state index in [2.05, 4.69) is 67.0 Å². The van der Waals surface area contributed by atoms with E-state index in [4.69, 9.17) is 19.6 Å². The molecule has 0 atom stereocenters. The molecule has 0 bridgehead atoms. The highest BCUT2D eigenvalue weighted by Gasteiger charge is 2.18. The first-order chi connectivity index (χ1) is 19.7. The van der Waals surface area contributed by atoms with Crippen molar-refractivity contribution in [2.24, 2.45) is 5.10 Å². The summed E-state index contributed by atoms with van der Waals surface area (Å²) in [6.45, 7) is 8.68. The Hall–Kier alpha value is -4.23. The third kappa shape index (κ3) is 6.10. The average Bonchev–Trinajstić information content (AvgIpc) is 2.96. The zero-order chi connectivity index (χ0) is 29.1. The van der Waals surface area contributed by atoms with Gasteiger partial charge in [0.05, 0.1) is 24.2 Å². The Kier molecular flexibility index (Phi) is 8.36. The maximum Gasteiger partial charge on any atom is 0.282 e. The minimum Gasteiger partial charge on any atom is -0.496 e. The smallest absolute Gasteiger partial charge is 0.282 e. The molecule has 0 radical (unpaired) electrons. The number of fused-ring (bicyclic) bond motifs is 1. The quantitative estimate of drug-likeness (QED) is 0.167. The van der Waals surface area contributed by atoms with Gasteiger partial charge >= 0.3 is 0 Å². The molecule has 0 aliphatic carbocycles. The van der Waals surface area contributed by atoms with Crippen molar-refractivity contribution in [3.63, 3.8) is 0 Å². The molecular formula is C34H32BrN3O3. The molecule has 6 nitrogen and oxygen atoms in total. The van der Waals surface area contributed by atoms with Crippen LogP contribution in [0.2, 0.25) is 0 Å². The highest BCUT2D eigenvalue weighted by atomic mass is 79.9. The molecule has 1 aromatic heterocycles. The minimum absolute atomic E-state index is 0.211. The molecule has 5 aromatic rings. The molecule has 0 unspecified atom stereocenters. The molecule has 0 aliphatic heterocycles. The maximum atomic E-state index is 13.8. The molecule has 1 heterocycles. The van der Waals surface area contributed by atoms with E-state index in [1.807, 2.05) is 49.4 Å². The van der Waals surface area contributed by atoms with E-state index in [0.29, 0.717) is 29.1 Å². The monoisotopic (exact) mass is 609 g/mol. The lowest BCUT2D eigenvalue weighted by molar-refractivity contribution is 0.305. The number of methoxy groups -OCH3 is 1. The first-order valence-electron chi connectivity index (χ1n) is 13.5. The molecule has 41 heavy (non-hydrogen) atoms. The molecule has 0 N–H and O–H groups in total. The summed E-state index contributed by atoms with van der Waals surface area (Å²) in [4.78, 5) is 18.8. The van der Waals surface area contributed by atoms with E-state index in [-0.39, 0.29) is 11.5 Å². The molecule has 208 valence electrons. The molecular weight excluding hydrogens is 578 g/mol. The fourth-order valence-corrected chi connectivity index (χ4v) is 5.07. The molecule has 0 spiro atoms. The Balaban J connectivity index is 1.63. The van der Waals surface area contributed by atoms with Gasteiger partial charge in [0.1, 0.15) is 18.1 Å². The maximum absolute atomic E-state index is 13.8. The standard InChI is InChI=1S/C34H32BrN3O3/c1-21(2)28-18-29(23(4)16-32(28)40-5)33-37-30-9-7-6-8-27(30)34(39)38(33)36-19-25-17-26(35)14-15-31(25)41-20-24-12-10-22(3)11-13-24/h6-19,21H,20H2,1-5H3. The van der Waals surface area contributed by atoms with Gasteiger partial charge in [0, 0.05) is 15.6 Å². The van der Waals surface area contributed by atoms with E-state index in [9.17, 15) is 4.79 Å². The van der Waals surface area contributed by atoms with Crippen LogP contribution in [0.3, 0.4) is 0 Å². The molecule has 4 aromatic carbocycles. The third-order valence-corrected chi connectivity index (χ3v) is 7.49. The number of halogens is 1. The third-order valence-electron chi connectivity index (χ3n) is 6.99. The predicted molar refractivity (Wildman–Crippen MR) is 169 cm³/mol. The van der Waals surface area contributed by atoms with E-state index in [1.54, 1.807) is 19.4 Å². The minimum atomic E-state index is -0.250. The Morgan fingerprint density at radius 1 is 0.976 bits per heavy atom. The lowest BCUT2D eigenvalue weighted by Gasteiger charge is -2.17. The summed E-state index contributed by atoms with van der Waals surface area (Å²) < 4.78 is 14.1. The van der Waals surface area contributed by atoms with Crippen LogP contribution in [0.1, 0.15) is 47.6 Å². The van der Waals surface area contributed by atoms with E-state index in [1.165, 1.54) is 10.2 Å². The van der Waals surface area contributed by atoms with Gasteiger partial charge in [-0.15, -0.1) is 0 Å². The van der Waals surface area contributed by atoms with Gasteiger partial charge in [-0.25, -0.2) is 4.98 Å². The highest BCUT2D eigenvalue weighted by Crippen LogP contribution is 2.34. The highest BCUT2D eigenvalue weighted by molar-refractivity contribution is 9.10. The van der Waals surface area contributed by atoms with Crippen molar-refractivity contribution in [2.45, 2.75) is 40.2 Å². The summed E-state index contributed by atoms with van der Waals surface area (Å²) in [6, 6.07) is 25.3. The van der Waals surface area contributed by atoms with Gasteiger partial charge in [-0.05, 0) is 78.9 Å². The van der Waals surface area contributed by atoms with Crippen molar-refractivity contribution in [2.75, 3.05) is 7.11 Å². The van der Waals surface area contributed by atoms with Gasteiger partial charge in [0.2, 0.25) is 0 Å². The largest absolute Gasteiger partial charge is 0.496 e. The summed E-state index contributed by atoms with van der Waals surface area (Å²) in [5.74, 6) is 2.14. The average molecular weight is 611 g/mol. The summed E-state index contributed by atoms with van der Waals surface area (Å²) in [6.07, 6.45) is 1.65. The van der Waals surface area contributed by atoms with Crippen molar-refractivity contribution in [1.82, 2.24) is 9.66 Å². The van der Waals surface area contributed by atoms with Crippen LogP contribution in [0.5, 0.6) is 11.5 Å². The lowest BCUT2D eigenvalue weighted by atomic mass is 9.96. The van der Waals surface area contributed by atoms with Crippen molar-refractivity contribution >= 4 is 33.0 Å². The number of ether oxygens (including phenoxy) is 2. The zero-order valence-electron chi connectivity index (χ0n) is 23.8. The Morgan fingerprint density at radius 2 is 1.73 bits per heavy atom. The number of nitrogens with zero attached hydrogens (tertiary/aromatic N) is 3. The number of rotatable bonds is 8. The van der Waals surface area contributed by atoms with Crippen LogP contribution in [0.25, 0.3) is 22.3 Å². The van der Waals surface area contributed by atoms with E-state index in [0.717, 1.165) is 38.0 Å². The lowest BCUT2D eigenvalue weighted by Crippen LogP contribution is -2.21. The molecule has 0 fully saturated rings. The van der Waals surface area contributed by atoms with Gasteiger partial charge in [-0.3, -0.25) is 4.79 Å². The fraction of sp³-hybridized carbons (Fsp3) is 0.206. The van der Waals surface area contributed by atoms with Gasteiger partial charge in [0.25, 0.3) is 5.56 Å². The molecule has 0 aliphatic rings. The molecule has 0 saturated carbocycles. The topological polar surface area (TPSA) is 65.7 Å². The van der Waals surface area contributed by atoms with E-state index < -0.39 is 0 Å². The first-order valence-corrected chi connectivity index (χ1v) is 14.3. The summed E-state index contributed by atoms with van der Waals surface area (Å²) in [7, 11) is 1.67. The molecule has 0 amide bonds. The number of aromatic nitrogens is 2. The number of para-hydroxylation sites is 1. The predicted octanol–water partition coefficient (Wildman–Crippen LogP) is 8.04.